The van der Waals surface area contributed by atoms with Crippen LogP contribution in [0.15, 0.2) is 24.3 Å². The molecule has 3 heteroatoms. The van der Waals surface area contributed by atoms with E-state index in [9.17, 15) is 9.90 Å². The van der Waals surface area contributed by atoms with Crippen LogP contribution in [0.5, 0.6) is 0 Å². The zero-order valence-corrected chi connectivity index (χ0v) is 22.3. The summed E-state index contributed by atoms with van der Waals surface area (Å²) in [6.07, 6.45) is 18.0. The van der Waals surface area contributed by atoms with Gasteiger partial charge in [-0.05, 0) is 65.0 Å². The number of aliphatic hydroxyl groups is 1. The fraction of sp³-hybridized carbons (Fsp3) is 0.767. The Bertz CT molecular complexity index is 691. The number of unbranched alkanes of at least 4 members (excludes halogenated alkanes) is 11. The summed E-state index contributed by atoms with van der Waals surface area (Å²) in [5.41, 5.74) is 1.30. The number of likely N-dealkylation sites (tertiary alicyclic amines) is 1. The van der Waals surface area contributed by atoms with Gasteiger partial charge in [-0.3, -0.25) is 4.79 Å². The van der Waals surface area contributed by atoms with E-state index in [2.05, 4.69) is 46.8 Å². The van der Waals surface area contributed by atoms with E-state index in [1.54, 1.807) is 0 Å². The van der Waals surface area contributed by atoms with Gasteiger partial charge in [0, 0.05) is 16.6 Å². The molecule has 1 amide bonds. The maximum absolute atomic E-state index is 13.7. The fourth-order valence-corrected chi connectivity index (χ4v) is 6.00. The highest BCUT2D eigenvalue weighted by Gasteiger charge is 2.47. The van der Waals surface area contributed by atoms with Crippen LogP contribution >= 0.6 is 0 Å². The van der Waals surface area contributed by atoms with Crippen LogP contribution in [0.3, 0.4) is 0 Å². The molecule has 1 aliphatic heterocycles. The first-order valence-corrected chi connectivity index (χ1v) is 13.8. The molecule has 33 heavy (non-hydrogen) atoms. The van der Waals surface area contributed by atoms with Gasteiger partial charge in [-0.25, -0.2) is 0 Å². The van der Waals surface area contributed by atoms with E-state index in [-0.39, 0.29) is 23.1 Å². The molecule has 1 heterocycles. The van der Waals surface area contributed by atoms with Crippen LogP contribution in [-0.2, 0) is 6.42 Å². The maximum Gasteiger partial charge on any atom is 0.255 e. The summed E-state index contributed by atoms with van der Waals surface area (Å²) in [6, 6.07) is 8.17. The predicted molar refractivity (Wildman–Crippen MR) is 141 cm³/mol. The van der Waals surface area contributed by atoms with E-state index >= 15 is 0 Å². The van der Waals surface area contributed by atoms with E-state index in [4.69, 9.17) is 0 Å². The predicted octanol–water partition coefficient (Wildman–Crippen LogP) is 8.08. The molecule has 0 atom stereocenters. The average Bonchev–Trinajstić information content (AvgIpc) is 2.72. The minimum Gasteiger partial charge on any atom is -0.393 e. The number of benzene rings is 1. The van der Waals surface area contributed by atoms with Crippen LogP contribution in [0, 0.1) is 0 Å². The lowest BCUT2D eigenvalue weighted by Crippen LogP contribution is -2.64. The summed E-state index contributed by atoms with van der Waals surface area (Å²) < 4.78 is 0. The van der Waals surface area contributed by atoms with Gasteiger partial charge in [0.05, 0.1) is 6.10 Å². The average molecular weight is 458 g/mol. The number of aliphatic hydroxyl groups excluding tert-OH is 1. The number of hydrogen-bond acceptors (Lipinski definition) is 2. The summed E-state index contributed by atoms with van der Waals surface area (Å²) in [5.74, 6) is 0.117. The molecule has 0 bridgehead atoms. The monoisotopic (exact) mass is 457 g/mol. The van der Waals surface area contributed by atoms with Crippen LogP contribution in [0.25, 0.3) is 0 Å². The molecule has 0 unspecified atom stereocenters. The quantitative estimate of drug-likeness (QED) is 0.287. The fourth-order valence-electron chi connectivity index (χ4n) is 6.00. The van der Waals surface area contributed by atoms with Gasteiger partial charge >= 0.3 is 0 Å². The SMILES string of the molecule is CCCCCCCCCCCCCCc1ccccc1C(=O)N1C(C)(C)CC(O)CC1(C)C. The third kappa shape index (κ3) is 8.74. The normalized spacial score (nSPS) is 17.9. The van der Waals surface area contributed by atoms with Crippen LogP contribution in [0.2, 0.25) is 0 Å². The number of amides is 1. The summed E-state index contributed by atoms with van der Waals surface area (Å²) in [7, 11) is 0. The Morgan fingerprint density at radius 3 is 1.79 bits per heavy atom. The second-order valence-electron chi connectivity index (χ2n) is 11.6. The molecule has 3 nitrogen and oxygen atoms in total. The molecule has 1 aliphatic rings. The molecular weight excluding hydrogens is 406 g/mol. The lowest BCUT2D eigenvalue weighted by Gasteiger charge is -2.54. The Morgan fingerprint density at radius 1 is 0.818 bits per heavy atom. The van der Waals surface area contributed by atoms with E-state index in [0.29, 0.717) is 12.8 Å². The smallest absolute Gasteiger partial charge is 0.255 e. The number of hydrogen-bond donors (Lipinski definition) is 1. The molecule has 0 aromatic heterocycles. The number of piperidine rings is 1. The van der Waals surface area contributed by atoms with Gasteiger partial charge in [0.2, 0.25) is 0 Å². The Kier molecular flexibility index (Phi) is 11.4. The highest BCUT2D eigenvalue weighted by Crippen LogP contribution is 2.39. The van der Waals surface area contributed by atoms with Crippen molar-refractivity contribution in [2.45, 2.75) is 148 Å². The zero-order valence-electron chi connectivity index (χ0n) is 22.3. The molecule has 0 radical (unpaired) electrons. The zero-order chi connectivity index (χ0) is 24.3. The number of nitrogens with zero attached hydrogens (tertiary/aromatic N) is 1. The summed E-state index contributed by atoms with van der Waals surface area (Å²) >= 11 is 0. The van der Waals surface area contributed by atoms with Crippen molar-refractivity contribution in [2.75, 3.05) is 0 Å². The summed E-state index contributed by atoms with van der Waals surface area (Å²) in [4.78, 5) is 15.8. The van der Waals surface area contributed by atoms with Crippen molar-refractivity contribution >= 4 is 5.91 Å². The topological polar surface area (TPSA) is 40.5 Å². The van der Waals surface area contributed by atoms with Crippen molar-refractivity contribution in [3.8, 4) is 0 Å². The molecule has 1 saturated heterocycles. The minimum atomic E-state index is -0.360. The summed E-state index contributed by atoms with van der Waals surface area (Å²) in [6.45, 7) is 10.6. The minimum absolute atomic E-state index is 0.117. The van der Waals surface area contributed by atoms with E-state index < -0.39 is 0 Å². The van der Waals surface area contributed by atoms with Crippen LogP contribution < -0.4 is 0 Å². The maximum atomic E-state index is 13.7. The van der Waals surface area contributed by atoms with Gasteiger partial charge in [0.25, 0.3) is 5.91 Å². The standard InChI is InChI=1S/C30H51NO2/c1-6-7-8-9-10-11-12-13-14-15-16-17-20-25-21-18-19-22-27(25)28(33)31-29(2,3)23-26(32)24-30(31,4)5/h18-19,21-22,26,32H,6-17,20,23-24H2,1-5H3. The Balaban J connectivity index is 1.79. The lowest BCUT2D eigenvalue weighted by molar-refractivity contribution is -0.0591. The van der Waals surface area contributed by atoms with Crippen molar-refractivity contribution in [3.63, 3.8) is 0 Å². The number of carbonyl (C=O) groups is 1. The van der Waals surface area contributed by atoms with Gasteiger partial charge in [-0.15, -0.1) is 0 Å². The molecule has 0 aliphatic carbocycles. The van der Waals surface area contributed by atoms with Crippen molar-refractivity contribution in [3.05, 3.63) is 35.4 Å². The lowest BCUT2D eigenvalue weighted by atomic mass is 9.77. The van der Waals surface area contributed by atoms with Gasteiger partial charge in [0.1, 0.15) is 0 Å². The number of rotatable bonds is 14. The molecule has 188 valence electrons. The molecular formula is C30H51NO2. The third-order valence-corrected chi connectivity index (χ3v) is 7.43. The second kappa shape index (κ2) is 13.5. The molecule has 0 spiro atoms. The highest BCUT2D eigenvalue weighted by molar-refractivity contribution is 5.96. The Labute approximate surface area is 204 Å². The molecule has 0 saturated carbocycles. The van der Waals surface area contributed by atoms with Gasteiger partial charge in [-0.1, -0.05) is 95.8 Å². The third-order valence-electron chi connectivity index (χ3n) is 7.43. The molecule has 2 rings (SSSR count). The first-order chi connectivity index (χ1) is 15.7. The Hall–Kier alpha value is -1.35. The molecule has 1 fully saturated rings. The van der Waals surface area contributed by atoms with Crippen LogP contribution in [0.1, 0.15) is 140 Å². The van der Waals surface area contributed by atoms with Crippen molar-refractivity contribution in [1.82, 2.24) is 4.90 Å². The van der Waals surface area contributed by atoms with E-state index in [0.717, 1.165) is 18.4 Å². The molecule has 1 aromatic carbocycles. The first-order valence-electron chi connectivity index (χ1n) is 13.8. The van der Waals surface area contributed by atoms with Gasteiger partial charge in [0.15, 0.2) is 0 Å². The van der Waals surface area contributed by atoms with Crippen molar-refractivity contribution in [1.29, 1.82) is 0 Å². The molecule has 1 aromatic rings. The molecule has 1 N–H and O–H groups in total. The van der Waals surface area contributed by atoms with Crippen molar-refractivity contribution < 1.29 is 9.90 Å². The summed E-state index contributed by atoms with van der Waals surface area (Å²) in [5, 5.41) is 10.3. The van der Waals surface area contributed by atoms with Crippen LogP contribution in [-0.4, -0.2) is 33.1 Å². The first kappa shape index (κ1) is 27.9. The van der Waals surface area contributed by atoms with E-state index in [1.165, 1.54) is 76.2 Å². The number of aryl methyl sites for hydroxylation is 1. The largest absolute Gasteiger partial charge is 0.393 e. The second-order valence-corrected chi connectivity index (χ2v) is 11.6. The van der Waals surface area contributed by atoms with E-state index in [1.807, 2.05) is 17.0 Å². The van der Waals surface area contributed by atoms with Crippen molar-refractivity contribution in [2.24, 2.45) is 0 Å². The number of carbonyl (C=O) groups excluding carboxylic acids is 1. The van der Waals surface area contributed by atoms with Crippen LogP contribution in [0.4, 0.5) is 0 Å². The van der Waals surface area contributed by atoms with Gasteiger partial charge < -0.3 is 10.0 Å². The Morgan fingerprint density at radius 2 is 1.27 bits per heavy atom. The van der Waals surface area contributed by atoms with Gasteiger partial charge in [-0.2, -0.15) is 0 Å². The highest BCUT2D eigenvalue weighted by atomic mass is 16.3.